The molecule has 1 aliphatic heterocycles. The molecule has 4 N–H and O–H groups in total. The number of morpholine rings is 1. The van der Waals surface area contributed by atoms with Crippen molar-refractivity contribution in [1.29, 1.82) is 0 Å². The van der Waals surface area contributed by atoms with Gasteiger partial charge in [0, 0.05) is 43.2 Å². The van der Waals surface area contributed by atoms with Crippen LogP contribution in [0, 0.1) is 23.7 Å². The van der Waals surface area contributed by atoms with Gasteiger partial charge >= 0.3 is 0 Å². The Bertz CT molecular complexity index is 1320. The largest absolute Gasteiger partial charge is 0.379 e. The van der Waals surface area contributed by atoms with Gasteiger partial charge in [0.25, 0.3) is 18.2 Å². The van der Waals surface area contributed by atoms with Gasteiger partial charge in [-0.3, -0.25) is 24.5 Å². The van der Waals surface area contributed by atoms with Gasteiger partial charge in [-0.1, -0.05) is 24.0 Å². The minimum atomic E-state index is -3.24. The Morgan fingerprint density at radius 2 is 1.55 bits per heavy atom. The Labute approximate surface area is 231 Å². The lowest BCUT2D eigenvalue weighted by atomic mass is 9.91. The summed E-state index contributed by atoms with van der Waals surface area (Å²) in [6.45, 7) is 6.08. The number of halogens is 2. The maximum absolute atomic E-state index is 13.8. The smallest absolute Gasteiger partial charge is 0.268 e. The number of carbonyl (C=O) groups excluding carboxylic acids is 3. The lowest BCUT2D eigenvalue weighted by Crippen LogP contribution is -2.68. The van der Waals surface area contributed by atoms with Crippen molar-refractivity contribution in [3.8, 4) is 23.7 Å². The molecule has 3 amide bonds. The Balaban J connectivity index is 1.63. The minimum Gasteiger partial charge on any atom is -0.379 e. The first-order valence-electron chi connectivity index (χ1n) is 12.4. The molecule has 0 bridgehead atoms. The molecule has 1 aliphatic rings. The summed E-state index contributed by atoms with van der Waals surface area (Å²) in [5.74, 6) is 8.33. The van der Waals surface area contributed by atoms with E-state index in [9.17, 15) is 23.2 Å². The van der Waals surface area contributed by atoms with E-state index in [4.69, 9.17) is 9.94 Å². The number of nitrogens with zero attached hydrogens (tertiary/aromatic N) is 1. The van der Waals surface area contributed by atoms with Crippen LogP contribution in [0.2, 0.25) is 0 Å². The first-order valence-corrected chi connectivity index (χ1v) is 12.4. The summed E-state index contributed by atoms with van der Waals surface area (Å²) >= 11 is 0. The highest BCUT2D eigenvalue weighted by Crippen LogP contribution is 2.21. The number of ether oxygens (including phenoxy) is 1. The van der Waals surface area contributed by atoms with Gasteiger partial charge < -0.3 is 15.4 Å². The number of alkyl halides is 2. The van der Waals surface area contributed by atoms with E-state index in [1.165, 1.54) is 35.3 Å². The molecule has 2 unspecified atom stereocenters. The van der Waals surface area contributed by atoms with E-state index in [1.54, 1.807) is 0 Å². The van der Waals surface area contributed by atoms with Crippen molar-refractivity contribution in [1.82, 2.24) is 21.0 Å². The Kier molecular flexibility index (Phi) is 10.7. The molecule has 0 radical (unpaired) electrons. The van der Waals surface area contributed by atoms with Gasteiger partial charge in [-0.2, -0.15) is 0 Å². The molecule has 1 fully saturated rings. The molecule has 210 valence electrons. The lowest BCUT2D eigenvalue weighted by Gasteiger charge is -2.36. The van der Waals surface area contributed by atoms with Crippen LogP contribution < -0.4 is 16.1 Å². The Hall–Kier alpha value is -4.29. The van der Waals surface area contributed by atoms with Crippen LogP contribution in [0.15, 0.2) is 48.5 Å². The van der Waals surface area contributed by atoms with Crippen LogP contribution >= 0.6 is 0 Å². The van der Waals surface area contributed by atoms with Crippen LogP contribution in [0.1, 0.15) is 40.9 Å². The molecular weight excluding hydrogens is 522 g/mol. The van der Waals surface area contributed by atoms with Crippen LogP contribution in [0.5, 0.6) is 0 Å². The second-order valence-corrected chi connectivity index (χ2v) is 9.31. The van der Waals surface area contributed by atoms with Gasteiger partial charge in [-0.25, -0.2) is 14.3 Å². The standard InChI is InChI=1S/C29H30F2N4O5/c1-20(36)33-29(2,28(30)31)25(27(38)34-39)32-26(37)24-13-11-22(12-14-24)6-4-3-5-21-7-9-23(10-8-21)19-35-15-17-40-18-16-35/h7-14,25,28,39H,15-19H2,1-2H3,(H,32,37)(H,33,36)(H,34,38). The first-order chi connectivity index (χ1) is 19.1. The minimum absolute atomic E-state index is 0.0454. The number of carbonyl (C=O) groups is 3. The molecule has 9 nitrogen and oxygen atoms in total. The highest BCUT2D eigenvalue weighted by atomic mass is 19.3. The molecular formula is C29H30F2N4O5. The Morgan fingerprint density at radius 3 is 2.05 bits per heavy atom. The second-order valence-electron chi connectivity index (χ2n) is 9.31. The van der Waals surface area contributed by atoms with Crippen molar-refractivity contribution in [2.75, 3.05) is 26.3 Å². The molecule has 0 aliphatic carbocycles. The van der Waals surface area contributed by atoms with Crippen LogP contribution in [-0.2, 0) is 20.9 Å². The summed E-state index contributed by atoms with van der Waals surface area (Å²) in [6, 6.07) is 11.8. The molecule has 1 saturated heterocycles. The number of amides is 3. The van der Waals surface area contributed by atoms with Crippen LogP contribution in [-0.4, -0.2) is 72.1 Å². The number of hydrogen-bond acceptors (Lipinski definition) is 6. The van der Waals surface area contributed by atoms with Gasteiger partial charge in [0.1, 0.15) is 11.6 Å². The third-order valence-corrected chi connectivity index (χ3v) is 6.23. The predicted octanol–water partition coefficient (Wildman–Crippen LogP) is 1.69. The van der Waals surface area contributed by atoms with E-state index in [0.717, 1.165) is 52.3 Å². The maximum atomic E-state index is 13.8. The van der Waals surface area contributed by atoms with Gasteiger partial charge in [0.15, 0.2) is 0 Å². The summed E-state index contributed by atoms with van der Waals surface area (Å²) in [4.78, 5) is 38.6. The summed E-state index contributed by atoms with van der Waals surface area (Å²) < 4.78 is 33.0. The zero-order valence-electron chi connectivity index (χ0n) is 22.1. The van der Waals surface area contributed by atoms with E-state index in [1.807, 2.05) is 29.6 Å². The number of benzene rings is 2. The highest BCUT2D eigenvalue weighted by molar-refractivity contribution is 5.98. The molecule has 40 heavy (non-hydrogen) atoms. The maximum Gasteiger partial charge on any atom is 0.268 e. The second kappa shape index (κ2) is 14.2. The fourth-order valence-corrected chi connectivity index (χ4v) is 4.02. The average Bonchev–Trinajstić information content (AvgIpc) is 2.94. The first kappa shape index (κ1) is 30.3. The van der Waals surface area contributed by atoms with Crippen LogP contribution in [0.25, 0.3) is 0 Å². The summed E-state index contributed by atoms with van der Waals surface area (Å²) in [5, 5.41) is 13.2. The summed E-state index contributed by atoms with van der Waals surface area (Å²) in [7, 11) is 0. The van der Waals surface area contributed by atoms with Gasteiger partial charge in [-0.15, -0.1) is 0 Å². The number of nitrogens with one attached hydrogen (secondary N) is 3. The zero-order valence-corrected chi connectivity index (χ0v) is 22.1. The molecule has 0 aromatic heterocycles. The topological polar surface area (TPSA) is 120 Å². The molecule has 2 aromatic carbocycles. The van der Waals surface area contributed by atoms with Crippen LogP contribution in [0.4, 0.5) is 8.78 Å². The predicted molar refractivity (Wildman–Crippen MR) is 142 cm³/mol. The molecule has 0 saturated carbocycles. The fraction of sp³-hybridized carbons (Fsp3) is 0.345. The normalized spacial score (nSPS) is 15.3. The van der Waals surface area contributed by atoms with Gasteiger partial charge in [-0.05, 0) is 60.7 Å². The monoisotopic (exact) mass is 552 g/mol. The van der Waals surface area contributed by atoms with E-state index in [-0.39, 0.29) is 5.56 Å². The number of rotatable bonds is 8. The molecule has 11 heteroatoms. The zero-order chi connectivity index (χ0) is 29.1. The SMILES string of the molecule is CC(=O)NC(C)(C(F)F)C(NC(=O)c1ccc(C#CC#Cc2ccc(CN3CCOCC3)cc2)cc1)C(=O)NO. The highest BCUT2D eigenvalue weighted by Gasteiger charge is 2.48. The Morgan fingerprint density at radius 1 is 1.00 bits per heavy atom. The van der Waals surface area contributed by atoms with Gasteiger partial charge in [0.2, 0.25) is 5.91 Å². The van der Waals surface area contributed by atoms with Crippen molar-refractivity contribution in [3.63, 3.8) is 0 Å². The third-order valence-electron chi connectivity index (χ3n) is 6.23. The van der Waals surface area contributed by atoms with Crippen LogP contribution in [0.3, 0.4) is 0 Å². The molecule has 0 spiro atoms. The number of hydroxylamine groups is 1. The quantitative estimate of drug-likeness (QED) is 0.225. The summed E-state index contributed by atoms with van der Waals surface area (Å²) in [5.41, 5.74) is 1.37. The van der Waals surface area contributed by atoms with Crippen molar-refractivity contribution in [2.45, 2.75) is 38.4 Å². The molecule has 2 aromatic rings. The molecule has 1 heterocycles. The van der Waals surface area contributed by atoms with Crippen molar-refractivity contribution >= 4 is 17.7 Å². The number of hydrogen-bond donors (Lipinski definition) is 4. The van der Waals surface area contributed by atoms with Crippen molar-refractivity contribution in [2.24, 2.45) is 0 Å². The molecule has 2 atom stereocenters. The molecule has 3 rings (SSSR count). The van der Waals surface area contributed by atoms with E-state index in [2.05, 4.69) is 33.9 Å². The third kappa shape index (κ3) is 8.35. The van der Waals surface area contributed by atoms with Gasteiger partial charge in [0.05, 0.1) is 13.2 Å². The summed E-state index contributed by atoms with van der Waals surface area (Å²) in [6.07, 6.45) is -3.24. The van der Waals surface area contributed by atoms with Crippen molar-refractivity contribution in [3.05, 3.63) is 70.8 Å². The van der Waals surface area contributed by atoms with E-state index < -0.39 is 35.7 Å². The average molecular weight is 553 g/mol. The fourth-order valence-electron chi connectivity index (χ4n) is 4.02. The lowest BCUT2D eigenvalue weighted by molar-refractivity contribution is -0.137. The van der Waals surface area contributed by atoms with E-state index >= 15 is 0 Å². The van der Waals surface area contributed by atoms with Crippen molar-refractivity contribution < 1.29 is 33.1 Å². The van der Waals surface area contributed by atoms with E-state index in [0.29, 0.717) is 5.56 Å².